The molecule has 3 nitrogen and oxygen atoms in total. The Morgan fingerprint density at radius 3 is 2.67 bits per heavy atom. The molecule has 0 saturated heterocycles. The molecule has 0 fully saturated rings. The minimum absolute atomic E-state index is 0.276. The van der Waals surface area contributed by atoms with Crippen LogP contribution < -0.4 is 5.43 Å². The summed E-state index contributed by atoms with van der Waals surface area (Å²) in [7, 11) is 0. The molecule has 0 heterocycles. The largest absolute Gasteiger partial charge is 0.272 e. The van der Waals surface area contributed by atoms with Crippen LogP contribution in [0.25, 0.3) is 10.8 Å². The average molecular weight is 216 g/mol. The third-order valence-corrected chi connectivity index (χ3v) is 2.27. The van der Waals surface area contributed by atoms with E-state index >= 15 is 0 Å². The number of carbonyl (C=O) groups excluding carboxylic acids is 1. The molecular weight excluding hydrogens is 208 g/mol. The van der Waals surface area contributed by atoms with Crippen LogP contribution in [-0.4, -0.2) is 5.91 Å². The lowest BCUT2D eigenvalue weighted by Crippen LogP contribution is -2.16. The highest BCUT2D eigenvalue weighted by atomic mass is 32.1. The summed E-state index contributed by atoms with van der Waals surface area (Å²) in [6.07, 6.45) is 0. The predicted octanol–water partition coefficient (Wildman–Crippen LogP) is 2.22. The van der Waals surface area contributed by atoms with Crippen molar-refractivity contribution < 1.29 is 4.79 Å². The molecule has 0 aromatic heterocycles. The molecule has 1 N–H and O–H groups in total. The maximum Gasteiger partial charge on any atom is 0.272 e. The normalized spacial score (nSPS) is 9.87. The van der Waals surface area contributed by atoms with Crippen LogP contribution in [0.3, 0.4) is 0 Å². The van der Waals surface area contributed by atoms with Crippen molar-refractivity contribution >= 4 is 29.1 Å². The number of nitrogens with zero attached hydrogens (tertiary/aromatic N) is 1. The van der Waals surface area contributed by atoms with Crippen molar-refractivity contribution in [2.75, 3.05) is 0 Å². The Hall–Kier alpha value is -1.81. The van der Waals surface area contributed by atoms with E-state index in [2.05, 4.69) is 22.3 Å². The fourth-order valence-electron chi connectivity index (χ4n) is 1.53. The number of fused-ring (bicyclic) bond motifs is 1. The molecule has 2 rings (SSSR count). The summed E-state index contributed by atoms with van der Waals surface area (Å²) in [5.41, 5.74) is 2.84. The average Bonchev–Trinajstić information content (AvgIpc) is 2.28. The Morgan fingerprint density at radius 2 is 1.87 bits per heavy atom. The second-order valence-electron chi connectivity index (χ2n) is 3.06. The molecule has 2 aromatic carbocycles. The van der Waals surface area contributed by atoms with Crippen LogP contribution in [-0.2, 0) is 12.4 Å². The fraction of sp³-hybridized carbons (Fsp3) is 0. The van der Waals surface area contributed by atoms with Gasteiger partial charge in [-0.25, -0.2) is 5.43 Å². The van der Waals surface area contributed by atoms with Crippen molar-refractivity contribution in [3.05, 3.63) is 48.0 Å². The predicted molar refractivity (Wildman–Crippen MR) is 61.2 cm³/mol. The van der Waals surface area contributed by atoms with E-state index in [9.17, 15) is 4.79 Å². The third kappa shape index (κ3) is 1.85. The first-order chi connectivity index (χ1) is 7.33. The quantitative estimate of drug-likeness (QED) is 0.782. The van der Waals surface area contributed by atoms with Gasteiger partial charge in [0, 0.05) is 5.56 Å². The molecule has 2 aromatic rings. The van der Waals surface area contributed by atoms with E-state index in [1.807, 2.05) is 36.4 Å². The van der Waals surface area contributed by atoms with Crippen molar-refractivity contribution in [2.24, 2.45) is 4.47 Å². The minimum Gasteiger partial charge on any atom is -0.267 e. The van der Waals surface area contributed by atoms with E-state index < -0.39 is 0 Å². The molecule has 0 aliphatic carbocycles. The molecule has 15 heavy (non-hydrogen) atoms. The Morgan fingerprint density at radius 1 is 1.13 bits per heavy atom. The smallest absolute Gasteiger partial charge is 0.267 e. The van der Waals surface area contributed by atoms with Crippen LogP contribution in [0.1, 0.15) is 10.4 Å². The highest BCUT2D eigenvalue weighted by Gasteiger charge is 2.07. The summed E-state index contributed by atoms with van der Waals surface area (Å²) in [5.74, 6) is -0.276. The molecule has 0 aliphatic rings. The van der Waals surface area contributed by atoms with Gasteiger partial charge in [-0.15, -0.1) is 4.47 Å². The first-order valence-electron chi connectivity index (χ1n) is 4.43. The van der Waals surface area contributed by atoms with Crippen LogP contribution in [0, 0.1) is 0 Å². The van der Waals surface area contributed by atoms with E-state index in [4.69, 9.17) is 0 Å². The van der Waals surface area contributed by atoms with Gasteiger partial charge < -0.3 is 0 Å². The van der Waals surface area contributed by atoms with Gasteiger partial charge in [-0.05, 0) is 16.8 Å². The lowest BCUT2D eigenvalue weighted by molar-refractivity contribution is 0.0957. The van der Waals surface area contributed by atoms with Gasteiger partial charge in [0.2, 0.25) is 0 Å². The van der Waals surface area contributed by atoms with Gasteiger partial charge in [-0.3, -0.25) is 4.79 Å². The molecule has 4 heteroatoms. The lowest BCUT2D eigenvalue weighted by atomic mass is 10.0. The zero-order chi connectivity index (χ0) is 10.7. The molecule has 74 valence electrons. The van der Waals surface area contributed by atoms with Gasteiger partial charge in [0.15, 0.2) is 0 Å². The highest BCUT2D eigenvalue weighted by molar-refractivity contribution is 7.47. The summed E-state index contributed by atoms with van der Waals surface area (Å²) in [5, 5.41) is 1.92. The Balaban J connectivity index is 2.60. The molecule has 0 saturated carbocycles. The summed E-state index contributed by atoms with van der Waals surface area (Å²) >= 11 is 4.34. The molecular formula is C11H8N2OS. The summed E-state index contributed by atoms with van der Waals surface area (Å²) in [6, 6.07) is 13.2. The number of amides is 1. The SMILES string of the molecule is O=C(NN=S)c1cccc2ccccc12. The molecule has 0 bridgehead atoms. The van der Waals surface area contributed by atoms with Crippen molar-refractivity contribution in [1.29, 1.82) is 0 Å². The van der Waals surface area contributed by atoms with E-state index in [0.717, 1.165) is 10.8 Å². The van der Waals surface area contributed by atoms with E-state index in [1.165, 1.54) is 0 Å². The van der Waals surface area contributed by atoms with Crippen LogP contribution in [0.5, 0.6) is 0 Å². The van der Waals surface area contributed by atoms with Gasteiger partial charge in [-0.2, -0.15) is 0 Å². The molecule has 0 spiro atoms. The first-order valence-corrected chi connectivity index (χ1v) is 4.80. The molecule has 0 unspecified atom stereocenters. The molecule has 0 radical (unpaired) electrons. The molecule has 0 atom stereocenters. The van der Waals surface area contributed by atoms with E-state index in [0.29, 0.717) is 5.56 Å². The number of nitrogens with one attached hydrogen (secondary N) is 1. The standard InChI is InChI=1S/C11H8N2OS/c14-11(12-13-15)10-7-3-5-8-4-1-2-6-9(8)10/h1-7H,(H,12,14,15). The summed E-state index contributed by atoms with van der Waals surface area (Å²) < 4.78 is 3.20. The Bertz CT molecular complexity index is 519. The van der Waals surface area contributed by atoms with E-state index in [1.54, 1.807) is 6.07 Å². The van der Waals surface area contributed by atoms with Crippen LogP contribution >= 0.6 is 0 Å². The van der Waals surface area contributed by atoms with Gasteiger partial charge in [0.25, 0.3) is 5.91 Å². The maximum absolute atomic E-state index is 11.6. The van der Waals surface area contributed by atoms with Crippen LogP contribution in [0.2, 0.25) is 0 Å². The molecule has 1 amide bonds. The van der Waals surface area contributed by atoms with Crippen LogP contribution in [0.4, 0.5) is 0 Å². The van der Waals surface area contributed by atoms with Gasteiger partial charge in [-0.1, -0.05) is 36.4 Å². The van der Waals surface area contributed by atoms with Crippen molar-refractivity contribution in [2.45, 2.75) is 0 Å². The van der Waals surface area contributed by atoms with Crippen LogP contribution in [0.15, 0.2) is 46.9 Å². The van der Waals surface area contributed by atoms with Crippen molar-refractivity contribution in [1.82, 2.24) is 5.43 Å². The van der Waals surface area contributed by atoms with Gasteiger partial charge >= 0.3 is 0 Å². The number of rotatable bonds is 2. The maximum atomic E-state index is 11.6. The fourth-order valence-corrected chi connectivity index (χ4v) is 1.61. The first kappa shape index (κ1) is 9.73. The number of hydrogen-bond donors (Lipinski definition) is 1. The lowest BCUT2D eigenvalue weighted by Gasteiger charge is -2.03. The van der Waals surface area contributed by atoms with Gasteiger partial charge in [0.1, 0.15) is 0 Å². The zero-order valence-corrected chi connectivity index (χ0v) is 8.62. The van der Waals surface area contributed by atoms with Gasteiger partial charge in [0.05, 0.1) is 12.4 Å². The van der Waals surface area contributed by atoms with Crippen molar-refractivity contribution in [3.8, 4) is 0 Å². The van der Waals surface area contributed by atoms with Crippen molar-refractivity contribution in [3.63, 3.8) is 0 Å². The minimum atomic E-state index is -0.276. The Kier molecular flexibility index (Phi) is 2.69. The summed E-state index contributed by atoms with van der Waals surface area (Å²) in [6.45, 7) is 0. The molecule has 0 aliphatic heterocycles. The van der Waals surface area contributed by atoms with E-state index in [-0.39, 0.29) is 5.91 Å². The number of hydrogen-bond acceptors (Lipinski definition) is 3. The number of benzene rings is 2. The monoisotopic (exact) mass is 216 g/mol. The highest BCUT2D eigenvalue weighted by Crippen LogP contribution is 2.18. The number of carbonyl (C=O) groups is 1. The zero-order valence-electron chi connectivity index (χ0n) is 7.81. The Labute approximate surface area is 92.3 Å². The topological polar surface area (TPSA) is 41.5 Å². The third-order valence-electron chi connectivity index (χ3n) is 2.18. The second kappa shape index (κ2) is 4.14. The summed E-state index contributed by atoms with van der Waals surface area (Å²) in [4.78, 5) is 11.6. The second-order valence-corrected chi connectivity index (χ2v) is 3.24.